The molecule has 1 N–H and O–H groups in total. The van der Waals surface area contributed by atoms with Crippen molar-refractivity contribution in [2.45, 2.75) is 19.3 Å². The summed E-state index contributed by atoms with van der Waals surface area (Å²) in [4.78, 5) is 15.4. The van der Waals surface area contributed by atoms with Crippen LogP contribution < -0.4 is 5.32 Å². The predicted octanol–water partition coefficient (Wildman–Crippen LogP) is 1.17. The highest BCUT2D eigenvalue weighted by Crippen LogP contribution is 2.02. The van der Waals surface area contributed by atoms with Crippen LogP contribution in [0.1, 0.15) is 18.4 Å². The Morgan fingerprint density at radius 2 is 2.44 bits per heavy atom. The van der Waals surface area contributed by atoms with Gasteiger partial charge in [0.1, 0.15) is 0 Å². The quantitative estimate of drug-likeness (QED) is 0.704. The molecule has 4 heteroatoms. The summed E-state index contributed by atoms with van der Waals surface area (Å²) in [6.07, 6.45) is 5.89. The molecule has 0 unspecified atom stereocenters. The number of carbonyl (C=O) groups excluding carboxylic acids is 1. The Morgan fingerprint density at radius 3 is 3.12 bits per heavy atom. The first-order valence-corrected chi connectivity index (χ1v) is 5.47. The van der Waals surface area contributed by atoms with Gasteiger partial charge < -0.3 is 10.1 Å². The molecule has 1 aromatic heterocycles. The fourth-order valence-corrected chi connectivity index (χ4v) is 1.38. The van der Waals surface area contributed by atoms with Crippen LogP contribution >= 0.6 is 0 Å². The van der Waals surface area contributed by atoms with Gasteiger partial charge in [-0.2, -0.15) is 0 Å². The number of methoxy groups -OCH3 is 1. The van der Waals surface area contributed by atoms with E-state index in [2.05, 4.69) is 10.3 Å². The van der Waals surface area contributed by atoms with Gasteiger partial charge >= 0.3 is 0 Å². The number of pyridine rings is 1. The molecule has 4 nitrogen and oxygen atoms in total. The molecule has 0 aliphatic rings. The number of aryl methyl sites for hydroxylation is 1. The molecule has 1 amide bonds. The summed E-state index contributed by atoms with van der Waals surface area (Å²) in [6.45, 7) is 1.15. The molecule has 0 bridgehead atoms. The van der Waals surface area contributed by atoms with Crippen molar-refractivity contribution in [1.82, 2.24) is 10.3 Å². The van der Waals surface area contributed by atoms with Crippen LogP contribution in [0.15, 0.2) is 24.5 Å². The Morgan fingerprint density at radius 1 is 1.56 bits per heavy atom. The van der Waals surface area contributed by atoms with Crippen molar-refractivity contribution in [1.29, 1.82) is 0 Å². The molecule has 0 radical (unpaired) electrons. The highest BCUT2D eigenvalue weighted by Gasteiger charge is 2.00. The van der Waals surface area contributed by atoms with Crippen LogP contribution in [0.2, 0.25) is 0 Å². The van der Waals surface area contributed by atoms with Crippen LogP contribution in [-0.4, -0.2) is 31.2 Å². The molecule has 0 atom stereocenters. The van der Waals surface area contributed by atoms with E-state index in [1.165, 1.54) is 5.56 Å². The van der Waals surface area contributed by atoms with Crippen LogP contribution in [-0.2, 0) is 16.0 Å². The van der Waals surface area contributed by atoms with Gasteiger partial charge in [-0.05, 0) is 24.5 Å². The number of hydrogen-bond donors (Lipinski definition) is 1. The van der Waals surface area contributed by atoms with Crippen LogP contribution in [0.4, 0.5) is 0 Å². The average Bonchev–Trinajstić information content (AvgIpc) is 2.31. The van der Waals surface area contributed by atoms with Crippen molar-refractivity contribution in [3.63, 3.8) is 0 Å². The third-order valence-electron chi connectivity index (χ3n) is 2.22. The van der Waals surface area contributed by atoms with Crippen molar-refractivity contribution in [2.24, 2.45) is 0 Å². The van der Waals surface area contributed by atoms with Crippen LogP contribution in [0, 0.1) is 0 Å². The van der Waals surface area contributed by atoms with E-state index in [1.807, 2.05) is 18.3 Å². The third kappa shape index (κ3) is 5.46. The molecule has 1 rings (SSSR count). The van der Waals surface area contributed by atoms with Gasteiger partial charge in [0.2, 0.25) is 5.91 Å². The highest BCUT2D eigenvalue weighted by molar-refractivity contribution is 5.75. The molecule has 0 saturated carbocycles. The normalized spacial score (nSPS) is 10.1. The fraction of sp³-hybridized carbons (Fsp3) is 0.500. The first-order valence-electron chi connectivity index (χ1n) is 5.47. The number of rotatable bonds is 7. The zero-order chi connectivity index (χ0) is 11.6. The molecule has 0 fully saturated rings. The van der Waals surface area contributed by atoms with Gasteiger partial charge in [0.15, 0.2) is 0 Å². The van der Waals surface area contributed by atoms with E-state index >= 15 is 0 Å². The topological polar surface area (TPSA) is 51.2 Å². The fourth-order valence-electron chi connectivity index (χ4n) is 1.38. The van der Waals surface area contributed by atoms with Gasteiger partial charge in [-0.3, -0.25) is 9.78 Å². The monoisotopic (exact) mass is 222 g/mol. The molecule has 0 aromatic carbocycles. The van der Waals surface area contributed by atoms with Crippen LogP contribution in [0.3, 0.4) is 0 Å². The van der Waals surface area contributed by atoms with Gasteiger partial charge in [-0.15, -0.1) is 0 Å². The largest absolute Gasteiger partial charge is 0.383 e. The smallest absolute Gasteiger partial charge is 0.220 e. The van der Waals surface area contributed by atoms with Crippen LogP contribution in [0.5, 0.6) is 0 Å². The minimum Gasteiger partial charge on any atom is -0.383 e. The number of carbonyl (C=O) groups is 1. The Balaban J connectivity index is 2.09. The maximum Gasteiger partial charge on any atom is 0.220 e. The molecule has 16 heavy (non-hydrogen) atoms. The lowest BCUT2D eigenvalue weighted by Crippen LogP contribution is -2.26. The summed E-state index contributed by atoms with van der Waals surface area (Å²) >= 11 is 0. The zero-order valence-electron chi connectivity index (χ0n) is 9.61. The summed E-state index contributed by atoms with van der Waals surface area (Å²) in [5.74, 6) is 0.0842. The first-order chi connectivity index (χ1) is 7.83. The number of amides is 1. The van der Waals surface area contributed by atoms with E-state index in [1.54, 1.807) is 13.3 Å². The molecule has 0 spiro atoms. The van der Waals surface area contributed by atoms with Gasteiger partial charge in [-0.25, -0.2) is 0 Å². The summed E-state index contributed by atoms with van der Waals surface area (Å²) in [7, 11) is 1.62. The van der Waals surface area contributed by atoms with Crippen LogP contribution in [0.25, 0.3) is 0 Å². The summed E-state index contributed by atoms with van der Waals surface area (Å²) in [6, 6.07) is 3.93. The van der Waals surface area contributed by atoms with Crippen molar-refractivity contribution in [3.05, 3.63) is 30.1 Å². The molecular formula is C12H18N2O2. The Kier molecular flexibility index (Phi) is 6.18. The number of ether oxygens (including phenoxy) is 1. The van der Waals surface area contributed by atoms with Crippen molar-refractivity contribution in [3.8, 4) is 0 Å². The summed E-state index contributed by atoms with van der Waals surface area (Å²) in [5.41, 5.74) is 1.17. The molecule has 0 aliphatic carbocycles. The number of hydrogen-bond acceptors (Lipinski definition) is 3. The number of aromatic nitrogens is 1. The van der Waals surface area contributed by atoms with Crippen molar-refractivity contribution in [2.75, 3.05) is 20.3 Å². The maximum atomic E-state index is 11.3. The maximum absolute atomic E-state index is 11.3. The molecule has 88 valence electrons. The lowest BCUT2D eigenvalue weighted by Gasteiger charge is -2.04. The standard InChI is InChI=1S/C12H18N2O2/c1-16-9-8-14-12(15)6-2-4-11-5-3-7-13-10-11/h3,5,7,10H,2,4,6,8-9H2,1H3,(H,14,15). The predicted molar refractivity (Wildman–Crippen MR) is 62.1 cm³/mol. The second kappa shape index (κ2) is 7.82. The lowest BCUT2D eigenvalue weighted by atomic mass is 10.1. The first kappa shape index (κ1) is 12.6. The highest BCUT2D eigenvalue weighted by atomic mass is 16.5. The molecule has 0 saturated heterocycles. The summed E-state index contributed by atoms with van der Waals surface area (Å²) in [5, 5.41) is 2.79. The molecule has 0 aliphatic heterocycles. The molecular weight excluding hydrogens is 204 g/mol. The van der Waals surface area contributed by atoms with E-state index in [4.69, 9.17) is 4.74 Å². The van der Waals surface area contributed by atoms with E-state index in [0.29, 0.717) is 19.6 Å². The van der Waals surface area contributed by atoms with Gasteiger partial charge in [-0.1, -0.05) is 6.07 Å². The Labute approximate surface area is 96.0 Å². The van der Waals surface area contributed by atoms with E-state index in [-0.39, 0.29) is 5.91 Å². The minimum absolute atomic E-state index is 0.0842. The number of nitrogens with zero attached hydrogens (tertiary/aromatic N) is 1. The third-order valence-corrected chi connectivity index (χ3v) is 2.22. The minimum atomic E-state index is 0.0842. The van der Waals surface area contributed by atoms with Crippen molar-refractivity contribution < 1.29 is 9.53 Å². The van der Waals surface area contributed by atoms with Gasteiger partial charge in [0.05, 0.1) is 6.61 Å². The second-order valence-electron chi connectivity index (χ2n) is 3.56. The van der Waals surface area contributed by atoms with Gasteiger partial charge in [0, 0.05) is 32.5 Å². The zero-order valence-corrected chi connectivity index (χ0v) is 9.61. The summed E-state index contributed by atoms with van der Waals surface area (Å²) < 4.78 is 4.84. The second-order valence-corrected chi connectivity index (χ2v) is 3.56. The Hall–Kier alpha value is -1.42. The van der Waals surface area contributed by atoms with E-state index in [0.717, 1.165) is 12.8 Å². The van der Waals surface area contributed by atoms with E-state index in [9.17, 15) is 4.79 Å². The Bertz CT molecular complexity index is 301. The molecule has 1 heterocycles. The van der Waals surface area contributed by atoms with Gasteiger partial charge in [0.25, 0.3) is 0 Å². The average molecular weight is 222 g/mol. The van der Waals surface area contributed by atoms with Crippen molar-refractivity contribution >= 4 is 5.91 Å². The molecule has 1 aromatic rings. The van der Waals surface area contributed by atoms with E-state index < -0.39 is 0 Å². The number of nitrogens with one attached hydrogen (secondary N) is 1. The lowest BCUT2D eigenvalue weighted by molar-refractivity contribution is -0.121. The SMILES string of the molecule is COCCNC(=O)CCCc1cccnc1.